The van der Waals surface area contributed by atoms with Gasteiger partial charge in [-0.05, 0) is 36.4 Å². The Morgan fingerprint density at radius 3 is 1.82 bits per heavy atom. The SMILES string of the molecule is c1ccc(-c2nc(-c3ccc4oc5ccccc5c4c3)nc(-n3c4ccccc4c4cccc(-c5cccc6c5oc5ccccc56)c43)n2)cc1. The van der Waals surface area contributed by atoms with E-state index in [9.17, 15) is 0 Å². The minimum atomic E-state index is 0.534. The first-order valence-corrected chi connectivity index (χ1v) is 16.9. The van der Waals surface area contributed by atoms with E-state index in [1.54, 1.807) is 0 Å². The fraction of sp³-hybridized carbons (Fsp3) is 0. The lowest BCUT2D eigenvalue weighted by atomic mass is 9.99. The number of aromatic nitrogens is 4. The molecule has 0 aliphatic heterocycles. The highest BCUT2D eigenvalue weighted by Gasteiger charge is 2.22. The first-order valence-electron chi connectivity index (χ1n) is 16.9. The summed E-state index contributed by atoms with van der Waals surface area (Å²) in [4.78, 5) is 15.5. The molecule has 6 nitrogen and oxygen atoms in total. The van der Waals surface area contributed by atoms with Crippen LogP contribution >= 0.6 is 0 Å². The summed E-state index contributed by atoms with van der Waals surface area (Å²) in [7, 11) is 0. The number of nitrogens with zero attached hydrogens (tertiary/aromatic N) is 4. The molecule has 0 N–H and O–H groups in total. The topological polar surface area (TPSA) is 69.9 Å². The van der Waals surface area contributed by atoms with E-state index in [2.05, 4.69) is 89.5 Å². The molecule has 0 saturated heterocycles. The van der Waals surface area contributed by atoms with Gasteiger partial charge < -0.3 is 8.83 Å². The van der Waals surface area contributed by atoms with E-state index in [1.807, 2.05) is 72.8 Å². The third kappa shape index (κ3) is 4.20. The average Bonchev–Trinajstić information content (AvgIpc) is 3.87. The number of benzene rings is 7. The standard InChI is InChI=1S/C45H26N4O2/c1-2-12-27(13-3-1)43-46-44(28-24-25-40-36(26-28)31-16-6-8-22-38(31)50-40)48-45(47-43)49-37-21-7-4-14-29(37)32-17-10-18-33(41(32)49)35-20-11-19-34-30-15-5-9-23-39(30)51-42(34)35/h1-26H. The van der Waals surface area contributed by atoms with Crippen molar-refractivity contribution in [2.45, 2.75) is 0 Å². The molecule has 4 heterocycles. The monoisotopic (exact) mass is 654 g/mol. The highest BCUT2D eigenvalue weighted by Crippen LogP contribution is 2.42. The van der Waals surface area contributed by atoms with Crippen LogP contribution in [-0.2, 0) is 0 Å². The van der Waals surface area contributed by atoms with Gasteiger partial charge >= 0.3 is 0 Å². The van der Waals surface area contributed by atoms with Crippen molar-refractivity contribution in [2.75, 3.05) is 0 Å². The van der Waals surface area contributed by atoms with Crippen LogP contribution in [0.5, 0.6) is 0 Å². The summed E-state index contributed by atoms with van der Waals surface area (Å²) in [6.45, 7) is 0. The van der Waals surface area contributed by atoms with Crippen molar-refractivity contribution >= 4 is 65.7 Å². The van der Waals surface area contributed by atoms with Gasteiger partial charge in [-0.1, -0.05) is 121 Å². The average molecular weight is 655 g/mol. The molecular weight excluding hydrogens is 629 g/mol. The second-order valence-electron chi connectivity index (χ2n) is 12.8. The lowest BCUT2D eigenvalue weighted by molar-refractivity contribution is 0.669. The van der Waals surface area contributed by atoms with Crippen molar-refractivity contribution in [1.82, 2.24) is 19.5 Å². The summed E-state index contributed by atoms with van der Waals surface area (Å²) < 4.78 is 14.9. The number of hydrogen-bond donors (Lipinski definition) is 0. The van der Waals surface area contributed by atoms with Crippen LogP contribution in [0.25, 0.3) is 106 Å². The van der Waals surface area contributed by atoms with Crippen LogP contribution in [0.1, 0.15) is 0 Å². The number of rotatable bonds is 4. The zero-order valence-corrected chi connectivity index (χ0v) is 27.1. The minimum Gasteiger partial charge on any atom is -0.456 e. The summed E-state index contributed by atoms with van der Waals surface area (Å²) in [5, 5.41) is 6.47. The Labute approximate surface area is 290 Å². The molecular formula is C45H26N4O2. The lowest BCUT2D eigenvalue weighted by Gasteiger charge is -2.13. The molecule has 0 unspecified atom stereocenters. The van der Waals surface area contributed by atoms with Crippen molar-refractivity contribution < 1.29 is 8.83 Å². The van der Waals surface area contributed by atoms with Crippen LogP contribution in [0.2, 0.25) is 0 Å². The zero-order valence-electron chi connectivity index (χ0n) is 27.1. The first-order chi connectivity index (χ1) is 25.3. The smallest absolute Gasteiger partial charge is 0.238 e. The fourth-order valence-corrected chi connectivity index (χ4v) is 7.58. The van der Waals surface area contributed by atoms with Gasteiger partial charge in [0.15, 0.2) is 11.6 Å². The number of hydrogen-bond acceptors (Lipinski definition) is 5. The van der Waals surface area contributed by atoms with E-state index in [0.717, 1.165) is 87.9 Å². The summed E-state index contributed by atoms with van der Waals surface area (Å²) in [6, 6.07) is 53.8. The van der Waals surface area contributed by atoms with Crippen molar-refractivity contribution in [1.29, 1.82) is 0 Å². The van der Waals surface area contributed by atoms with Gasteiger partial charge in [-0.3, -0.25) is 4.57 Å². The predicted octanol–water partition coefficient (Wildman–Crippen LogP) is 11.8. The Hall–Kier alpha value is -7.05. The molecule has 0 fully saturated rings. The fourth-order valence-electron chi connectivity index (χ4n) is 7.58. The molecule has 6 heteroatoms. The largest absolute Gasteiger partial charge is 0.456 e. The number of fused-ring (bicyclic) bond motifs is 9. The predicted molar refractivity (Wildman–Crippen MR) is 205 cm³/mol. The molecule has 0 spiro atoms. The molecule has 0 bridgehead atoms. The second-order valence-corrected chi connectivity index (χ2v) is 12.8. The van der Waals surface area contributed by atoms with Crippen molar-refractivity contribution in [3.8, 4) is 39.9 Å². The highest BCUT2D eigenvalue weighted by atomic mass is 16.3. The van der Waals surface area contributed by atoms with Crippen LogP contribution in [0.4, 0.5) is 0 Å². The van der Waals surface area contributed by atoms with E-state index in [-0.39, 0.29) is 0 Å². The molecule has 11 aromatic rings. The molecule has 0 aliphatic carbocycles. The first kappa shape index (κ1) is 27.9. The van der Waals surface area contributed by atoms with Gasteiger partial charge in [0, 0.05) is 54.6 Å². The maximum absolute atomic E-state index is 6.56. The highest BCUT2D eigenvalue weighted by molar-refractivity contribution is 6.17. The van der Waals surface area contributed by atoms with E-state index >= 15 is 0 Å². The van der Waals surface area contributed by atoms with Crippen molar-refractivity contribution in [3.63, 3.8) is 0 Å². The molecule has 0 amide bonds. The zero-order chi connectivity index (χ0) is 33.5. The quantitative estimate of drug-likeness (QED) is 0.189. The molecule has 238 valence electrons. The maximum atomic E-state index is 6.56. The van der Waals surface area contributed by atoms with Gasteiger partial charge in [0.2, 0.25) is 5.95 Å². The van der Waals surface area contributed by atoms with E-state index in [4.69, 9.17) is 23.8 Å². The summed E-state index contributed by atoms with van der Waals surface area (Å²) in [5.41, 5.74) is 9.22. The maximum Gasteiger partial charge on any atom is 0.238 e. The van der Waals surface area contributed by atoms with Crippen LogP contribution < -0.4 is 0 Å². The Kier molecular flexibility index (Phi) is 5.86. The summed E-state index contributed by atoms with van der Waals surface area (Å²) in [5.74, 6) is 1.70. The van der Waals surface area contributed by atoms with Crippen molar-refractivity contribution in [2.24, 2.45) is 0 Å². The molecule has 11 rings (SSSR count). The number of furan rings is 2. The van der Waals surface area contributed by atoms with Crippen molar-refractivity contribution in [3.05, 3.63) is 158 Å². The van der Waals surface area contributed by atoms with Gasteiger partial charge in [0.1, 0.15) is 22.3 Å². The molecule has 51 heavy (non-hydrogen) atoms. The molecule has 4 aromatic heterocycles. The van der Waals surface area contributed by atoms with Gasteiger partial charge in [-0.25, -0.2) is 4.98 Å². The van der Waals surface area contributed by atoms with Gasteiger partial charge in [-0.15, -0.1) is 0 Å². The van der Waals surface area contributed by atoms with Gasteiger partial charge in [0.05, 0.1) is 11.0 Å². The lowest BCUT2D eigenvalue weighted by Crippen LogP contribution is -2.07. The normalized spacial score (nSPS) is 11.9. The molecule has 0 saturated carbocycles. The van der Waals surface area contributed by atoms with Crippen LogP contribution in [0.15, 0.2) is 167 Å². The Balaban J connectivity index is 1.22. The molecule has 7 aromatic carbocycles. The summed E-state index contributed by atoms with van der Waals surface area (Å²) in [6.07, 6.45) is 0. The van der Waals surface area contributed by atoms with Crippen LogP contribution in [0, 0.1) is 0 Å². The third-order valence-electron chi connectivity index (χ3n) is 9.88. The van der Waals surface area contributed by atoms with Crippen LogP contribution in [0.3, 0.4) is 0 Å². The van der Waals surface area contributed by atoms with Gasteiger partial charge in [-0.2, -0.15) is 9.97 Å². The Bertz CT molecular complexity index is 3150. The Morgan fingerprint density at radius 2 is 1.00 bits per heavy atom. The molecule has 0 atom stereocenters. The third-order valence-corrected chi connectivity index (χ3v) is 9.88. The summed E-state index contributed by atoms with van der Waals surface area (Å²) >= 11 is 0. The van der Waals surface area contributed by atoms with Crippen LogP contribution in [-0.4, -0.2) is 19.5 Å². The minimum absolute atomic E-state index is 0.534. The molecule has 0 aliphatic rings. The van der Waals surface area contributed by atoms with Gasteiger partial charge in [0.25, 0.3) is 0 Å². The van der Waals surface area contributed by atoms with E-state index < -0.39 is 0 Å². The Morgan fingerprint density at radius 1 is 0.392 bits per heavy atom. The van der Waals surface area contributed by atoms with E-state index in [1.165, 1.54) is 0 Å². The second kappa shape index (κ2) is 10.7. The van der Waals surface area contributed by atoms with E-state index in [0.29, 0.717) is 17.6 Å². The number of para-hydroxylation sites is 5. The molecule has 0 radical (unpaired) electrons.